The summed E-state index contributed by atoms with van der Waals surface area (Å²) in [6.45, 7) is 6.41. The van der Waals surface area contributed by atoms with Crippen LogP contribution in [0.2, 0.25) is 0 Å². The molecule has 1 N–H and O–H groups in total. The summed E-state index contributed by atoms with van der Waals surface area (Å²) in [7, 11) is 0. The standard InChI is InChI=1S/C11H22O2/c1-9(2)5-4-6-10(3)11(13)7-8-12/h8-11,13H,4-7H2,1-3H3. The van der Waals surface area contributed by atoms with Crippen molar-refractivity contribution in [1.29, 1.82) is 0 Å². The molecule has 0 amide bonds. The highest BCUT2D eigenvalue weighted by Crippen LogP contribution is 2.16. The molecule has 0 heterocycles. The third-order valence-corrected chi connectivity index (χ3v) is 2.44. The second-order valence-corrected chi connectivity index (χ2v) is 4.27. The summed E-state index contributed by atoms with van der Waals surface area (Å²) >= 11 is 0. The molecule has 0 rings (SSSR count). The average Bonchev–Trinajstić information content (AvgIpc) is 2.04. The molecule has 0 aromatic heterocycles. The number of carbonyl (C=O) groups excluding carboxylic acids is 1. The molecule has 0 aromatic rings. The number of carbonyl (C=O) groups is 1. The van der Waals surface area contributed by atoms with Crippen molar-refractivity contribution >= 4 is 6.29 Å². The van der Waals surface area contributed by atoms with Gasteiger partial charge in [-0.05, 0) is 18.3 Å². The predicted octanol–water partition coefficient (Wildman–Crippen LogP) is 2.40. The average molecular weight is 186 g/mol. The summed E-state index contributed by atoms with van der Waals surface area (Å²) in [6.07, 6.45) is 4.01. The van der Waals surface area contributed by atoms with Gasteiger partial charge in [-0.15, -0.1) is 0 Å². The molecular weight excluding hydrogens is 164 g/mol. The van der Waals surface area contributed by atoms with Gasteiger partial charge in [0.25, 0.3) is 0 Å². The molecule has 0 spiro atoms. The van der Waals surface area contributed by atoms with Gasteiger partial charge in [-0.2, -0.15) is 0 Å². The fourth-order valence-corrected chi connectivity index (χ4v) is 1.37. The number of hydrogen-bond acceptors (Lipinski definition) is 2. The maximum absolute atomic E-state index is 10.1. The quantitative estimate of drug-likeness (QED) is 0.620. The molecule has 0 aliphatic rings. The molecule has 0 bridgehead atoms. The molecule has 0 saturated heterocycles. The van der Waals surface area contributed by atoms with Crippen molar-refractivity contribution in [3.8, 4) is 0 Å². The first-order valence-electron chi connectivity index (χ1n) is 5.19. The van der Waals surface area contributed by atoms with Crippen LogP contribution < -0.4 is 0 Å². The minimum atomic E-state index is -0.440. The van der Waals surface area contributed by atoms with Gasteiger partial charge < -0.3 is 9.90 Å². The molecule has 0 aromatic carbocycles. The number of aliphatic hydroxyl groups excluding tert-OH is 1. The fourth-order valence-electron chi connectivity index (χ4n) is 1.37. The molecule has 2 atom stereocenters. The van der Waals surface area contributed by atoms with E-state index in [4.69, 9.17) is 0 Å². The minimum Gasteiger partial charge on any atom is -0.392 e. The molecule has 0 aliphatic heterocycles. The van der Waals surface area contributed by atoms with Gasteiger partial charge >= 0.3 is 0 Å². The Kier molecular flexibility index (Phi) is 6.87. The summed E-state index contributed by atoms with van der Waals surface area (Å²) in [6, 6.07) is 0. The maximum Gasteiger partial charge on any atom is 0.122 e. The Morgan fingerprint density at radius 1 is 1.23 bits per heavy atom. The van der Waals surface area contributed by atoms with Crippen molar-refractivity contribution < 1.29 is 9.90 Å². The lowest BCUT2D eigenvalue weighted by Crippen LogP contribution is -2.18. The second kappa shape index (κ2) is 7.07. The molecule has 2 heteroatoms. The van der Waals surface area contributed by atoms with E-state index in [1.54, 1.807) is 0 Å². The first-order valence-corrected chi connectivity index (χ1v) is 5.19. The van der Waals surface area contributed by atoms with Gasteiger partial charge in [-0.25, -0.2) is 0 Å². The highest BCUT2D eigenvalue weighted by Gasteiger charge is 2.12. The Bertz CT molecular complexity index is 132. The van der Waals surface area contributed by atoms with Gasteiger partial charge in [0.05, 0.1) is 6.10 Å². The Morgan fingerprint density at radius 2 is 1.85 bits per heavy atom. The Hall–Kier alpha value is -0.370. The summed E-state index contributed by atoms with van der Waals surface area (Å²) in [5.74, 6) is 0.986. The van der Waals surface area contributed by atoms with Gasteiger partial charge in [0.15, 0.2) is 0 Å². The first-order chi connectivity index (χ1) is 6.07. The summed E-state index contributed by atoms with van der Waals surface area (Å²) in [5, 5.41) is 9.45. The zero-order valence-electron chi connectivity index (χ0n) is 8.99. The summed E-state index contributed by atoms with van der Waals surface area (Å²) in [5.41, 5.74) is 0. The van der Waals surface area contributed by atoms with Crippen LogP contribution in [0, 0.1) is 11.8 Å². The van der Waals surface area contributed by atoms with Crippen molar-refractivity contribution in [2.24, 2.45) is 11.8 Å². The van der Waals surface area contributed by atoms with Crippen LogP contribution in [0.3, 0.4) is 0 Å². The molecule has 2 unspecified atom stereocenters. The fraction of sp³-hybridized carbons (Fsp3) is 0.909. The molecular formula is C11H22O2. The summed E-state index contributed by atoms with van der Waals surface area (Å²) < 4.78 is 0. The Morgan fingerprint density at radius 3 is 2.31 bits per heavy atom. The van der Waals surface area contributed by atoms with Gasteiger partial charge in [-0.3, -0.25) is 0 Å². The van der Waals surface area contributed by atoms with Crippen LogP contribution in [0.5, 0.6) is 0 Å². The zero-order valence-corrected chi connectivity index (χ0v) is 8.99. The lowest BCUT2D eigenvalue weighted by molar-refractivity contribution is -0.110. The van der Waals surface area contributed by atoms with Crippen molar-refractivity contribution in [1.82, 2.24) is 0 Å². The van der Waals surface area contributed by atoms with Crippen LogP contribution in [0.15, 0.2) is 0 Å². The zero-order chi connectivity index (χ0) is 10.3. The SMILES string of the molecule is CC(C)CCCC(C)C(O)CC=O. The van der Waals surface area contributed by atoms with E-state index in [0.717, 1.165) is 25.0 Å². The van der Waals surface area contributed by atoms with E-state index in [-0.39, 0.29) is 12.3 Å². The Balaban J connectivity index is 3.48. The van der Waals surface area contributed by atoms with E-state index in [1.165, 1.54) is 6.42 Å². The monoisotopic (exact) mass is 186 g/mol. The van der Waals surface area contributed by atoms with Crippen LogP contribution in [0.25, 0.3) is 0 Å². The van der Waals surface area contributed by atoms with Crippen molar-refractivity contribution in [3.63, 3.8) is 0 Å². The minimum absolute atomic E-state index is 0.254. The highest BCUT2D eigenvalue weighted by atomic mass is 16.3. The second-order valence-electron chi connectivity index (χ2n) is 4.27. The van der Waals surface area contributed by atoms with E-state index in [9.17, 15) is 9.90 Å². The van der Waals surface area contributed by atoms with Gasteiger partial charge in [-0.1, -0.05) is 33.6 Å². The molecule has 2 nitrogen and oxygen atoms in total. The number of rotatable bonds is 7. The normalized spacial score (nSPS) is 15.8. The van der Waals surface area contributed by atoms with Crippen molar-refractivity contribution in [2.75, 3.05) is 0 Å². The predicted molar refractivity (Wildman–Crippen MR) is 54.5 cm³/mol. The highest BCUT2D eigenvalue weighted by molar-refractivity contribution is 5.50. The van der Waals surface area contributed by atoms with Crippen LogP contribution >= 0.6 is 0 Å². The van der Waals surface area contributed by atoms with E-state index < -0.39 is 6.10 Å². The lowest BCUT2D eigenvalue weighted by Gasteiger charge is -2.16. The summed E-state index contributed by atoms with van der Waals surface area (Å²) in [4.78, 5) is 10.1. The molecule has 13 heavy (non-hydrogen) atoms. The smallest absolute Gasteiger partial charge is 0.122 e. The van der Waals surface area contributed by atoms with Crippen molar-refractivity contribution in [3.05, 3.63) is 0 Å². The van der Waals surface area contributed by atoms with Gasteiger partial charge in [0.2, 0.25) is 0 Å². The largest absolute Gasteiger partial charge is 0.392 e. The molecule has 0 radical (unpaired) electrons. The Labute approximate surface area is 81.3 Å². The van der Waals surface area contributed by atoms with Crippen LogP contribution in [-0.2, 0) is 4.79 Å². The molecule has 0 fully saturated rings. The molecule has 78 valence electrons. The third kappa shape index (κ3) is 6.76. The van der Waals surface area contributed by atoms with Gasteiger partial charge in [0, 0.05) is 6.42 Å². The number of aldehydes is 1. The van der Waals surface area contributed by atoms with Crippen LogP contribution in [0.1, 0.15) is 46.5 Å². The molecule has 0 aliphatic carbocycles. The van der Waals surface area contributed by atoms with Crippen molar-refractivity contribution in [2.45, 2.75) is 52.6 Å². The van der Waals surface area contributed by atoms with E-state index in [2.05, 4.69) is 13.8 Å². The van der Waals surface area contributed by atoms with E-state index in [0.29, 0.717) is 0 Å². The van der Waals surface area contributed by atoms with Crippen LogP contribution in [-0.4, -0.2) is 17.5 Å². The maximum atomic E-state index is 10.1. The number of aliphatic hydroxyl groups is 1. The molecule has 0 saturated carbocycles. The van der Waals surface area contributed by atoms with E-state index in [1.807, 2.05) is 6.92 Å². The third-order valence-electron chi connectivity index (χ3n) is 2.44. The lowest BCUT2D eigenvalue weighted by atomic mass is 9.94. The first kappa shape index (κ1) is 12.6. The van der Waals surface area contributed by atoms with Gasteiger partial charge in [0.1, 0.15) is 6.29 Å². The topological polar surface area (TPSA) is 37.3 Å². The van der Waals surface area contributed by atoms with E-state index >= 15 is 0 Å². The number of hydrogen-bond donors (Lipinski definition) is 1. The van der Waals surface area contributed by atoms with Crippen LogP contribution in [0.4, 0.5) is 0 Å².